The Bertz CT molecular complexity index is 866. The van der Waals surface area contributed by atoms with Gasteiger partial charge in [0.1, 0.15) is 5.82 Å². The minimum absolute atomic E-state index is 0.102. The van der Waals surface area contributed by atoms with Crippen LogP contribution in [-0.4, -0.2) is 36.3 Å². The third-order valence-electron chi connectivity index (χ3n) is 4.83. The number of rotatable bonds is 4. The summed E-state index contributed by atoms with van der Waals surface area (Å²) in [6, 6.07) is 14.5. The number of carbonyl (C=O) groups excluding carboxylic acids is 2. The maximum atomic E-state index is 13.8. The molecule has 0 saturated carbocycles. The van der Waals surface area contributed by atoms with Gasteiger partial charge in [0, 0.05) is 25.2 Å². The lowest BCUT2D eigenvalue weighted by atomic mass is 9.96. The van der Waals surface area contributed by atoms with Crippen LogP contribution in [0.1, 0.15) is 39.1 Å². The van der Waals surface area contributed by atoms with Crippen molar-refractivity contribution in [3.63, 3.8) is 0 Å². The van der Waals surface area contributed by atoms with Crippen molar-refractivity contribution >= 4 is 11.8 Å². The lowest BCUT2D eigenvalue weighted by Gasteiger charge is -2.32. The molecule has 2 amide bonds. The standard InChI is InChI=1S/C21H20FN3O2/c22-19-4-2-1-3-18(19)21(27)25-11-9-16(10-12-25)14-24-20(26)17-7-5-15(13-23)6-8-17/h1-8,16H,9-12,14H2,(H,24,26). The number of hydrogen-bond acceptors (Lipinski definition) is 3. The quantitative estimate of drug-likeness (QED) is 0.905. The molecule has 0 spiro atoms. The first-order valence-corrected chi connectivity index (χ1v) is 8.90. The second kappa shape index (κ2) is 8.45. The van der Waals surface area contributed by atoms with Gasteiger partial charge in [0.25, 0.3) is 11.8 Å². The lowest BCUT2D eigenvalue weighted by molar-refractivity contribution is 0.0679. The van der Waals surface area contributed by atoms with Crippen LogP contribution in [0.3, 0.4) is 0 Å². The molecule has 0 atom stereocenters. The number of nitrogens with one attached hydrogen (secondary N) is 1. The van der Waals surface area contributed by atoms with Crippen LogP contribution in [0.25, 0.3) is 0 Å². The molecule has 1 heterocycles. The highest BCUT2D eigenvalue weighted by Crippen LogP contribution is 2.19. The monoisotopic (exact) mass is 365 g/mol. The average molecular weight is 365 g/mol. The van der Waals surface area contributed by atoms with E-state index >= 15 is 0 Å². The van der Waals surface area contributed by atoms with Crippen molar-refractivity contribution in [3.05, 3.63) is 71.0 Å². The summed E-state index contributed by atoms with van der Waals surface area (Å²) in [5, 5.41) is 11.7. The van der Waals surface area contributed by atoms with Crippen LogP contribution in [0.5, 0.6) is 0 Å². The molecule has 1 aliphatic rings. The Labute approximate surface area is 157 Å². The molecule has 1 N–H and O–H groups in total. The SMILES string of the molecule is N#Cc1ccc(C(=O)NCC2CCN(C(=O)c3ccccc3F)CC2)cc1. The zero-order valence-corrected chi connectivity index (χ0v) is 14.8. The second-order valence-corrected chi connectivity index (χ2v) is 6.61. The van der Waals surface area contributed by atoms with E-state index in [9.17, 15) is 14.0 Å². The highest BCUT2D eigenvalue weighted by atomic mass is 19.1. The van der Waals surface area contributed by atoms with Crippen LogP contribution >= 0.6 is 0 Å². The minimum Gasteiger partial charge on any atom is -0.352 e. The summed E-state index contributed by atoms with van der Waals surface area (Å²) in [7, 11) is 0. The number of benzene rings is 2. The van der Waals surface area contributed by atoms with Crippen LogP contribution in [0.4, 0.5) is 4.39 Å². The smallest absolute Gasteiger partial charge is 0.256 e. The van der Waals surface area contributed by atoms with Gasteiger partial charge in [0.15, 0.2) is 0 Å². The fraction of sp³-hybridized carbons (Fsp3) is 0.286. The van der Waals surface area contributed by atoms with Gasteiger partial charge in [0.2, 0.25) is 0 Å². The van der Waals surface area contributed by atoms with E-state index in [0.29, 0.717) is 30.8 Å². The molecule has 138 valence electrons. The molecular weight excluding hydrogens is 345 g/mol. The summed E-state index contributed by atoms with van der Waals surface area (Å²) >= 11 is 0. The average Bonchev–Trinajstić information content (AvgIpc) is 2.72. The molecule has 1 fully saturated rings. The van der Waals surface area contributed by atoms with Gasteiger partial charge in [-0.25, -0.2) is 4.39 Å². The van der Waals surface area contributed by atoms with Crippen molar-refractivity contribution in [1.29, 1.82) is 5.26 Å². The molecule has 0 aromatic heterocycles. The molecule has 0 aliphatic carbocycles. The third kappa shape index (κ3) is 4.50. The minimum atomic E-state index is -0.501. The first-order chi connectivity index (χ1) is 13.1. The summed E-state index contributed by atoms with van der Waals surface area (Å²) in [5.74, 6) is -0.686. The van der Waals surface area contributed by atoms with Gasteiger partial charge in [-0.2, -0.15) is 5.26 Å². The molecule has 1 aliphatic heterocycles. The lowest BCUT2D eigenvalue weighted by Crippen LogP contribution is -2.41. The second-order valence-electron chi connectivity index (χ2n) is 6.61. The summed E-state index contributed by atoms with van der Waals surface area (Å²) in [6.07, 6.45) is 1.52. The van der Waals surface area contributed by atoms with Crippen molar-refractivity contribution in [2.24, 2.45) is 5.92 Å². The Kier molecular flexibility index (Phi) is 5.82. The van der Waals surface area contributed by atoms with Gasteiger partial charge in [-0.15, -0.1) is 0 Å². The highest BCUT2D eigenvalue weighted by Gasteiger charge is 2.25. The largest absolute Gasteiger partial charge is 0.352 e. The van der Waals surface area contributed by atoms with Crippen LogP contribution < -0.4 is 5.32 Å². The molecule has 0 bridgehead atoms. The molecule has 6 heteroatoms. The van der Waals surface area contributed by atoms with E-state index in [0.717, 1.165) is 12.8 Å². The molecule has 3 rings (SSSR count). The summed E-state index contributed by atoms with van der Waals surface area (Å²) in [5.41, 5.74) is 1.13. The summed E-state index contributed by atoms with van der Waals surface area (Å²) in [6.45, 7) is 1.62. The summed E-state index contributed by atoms with van der Waals surface area (Å²) in [4.78, 5) is 26.3. The number of nitrogens with zero attached hydrogens (tertiary/aromatic N) is 2. The molecular formula is C21H20FN3O2. The molecule has 2 aromatic rings. The van der Waals surface area contributed by atoms with Gasteiger partial charge in [-0.05, 0) is 55.2 Å². The van der Waals surface area contributed by atoms with Crippen LogP contribution in [-0.2, 0) is 0 Å². The van der Waals surface area contributed by atoms with E-state index in [4.69, 9.17) is 5.26 Å². The number of halogens is 1. The molecule has 1 saturated heterocycles. The number of hydrogen-bond donors (Lipinski definition) is 1. The van der Waals surface area contributed by atoms with Crippen molar-refractivity contribution in [3.8, 4) is 6.07 Å². The number of amides is 2. The number of piperidine rings is 1. The van der Waals surface area contributed by atoms with E-state index in [1.54, 1.807) is 41.3 Å². The van der Waals surface area contributed by atoms with Gasteiger partial charge < -0.3 is 10.2 Å². The van der Waals surface area contributed by atoms with Gasteiger partial charge in [-0.1, -0.05) is 12.1 Å². The Morgan fingerprint density at radius 2 is 1.78 bits per heavy atom. The zero-order valence-electron chi connectivity index (χ0n) is 14.8. The van der Waals surface area contributed by atoms with Crippen molar-refractivity contribution in [1.82, 2.24) is 10.2 Å². The Morgan fingerprint density at radius 1 is 1.11 bits per heavy atom. The van der Waals surface area contributed by atoms with Crippen molar-refractivity contribution < 1.29 is 14.0 Å². The van der Waals surface area contributed by atoms with E-state index in [2.05, 4.69) is 5.32 Å². The van der Waals surface area contributed by atoms with Crippen LogP contribution in [0.15, 0.2) is 48.5 Å². The molecule has 0 unspecified atom stereocenters. The maximum Gasteiger partial charge on any atom is 0.256 e. The first-order valence-electron chi connectivity index (χ1n) is 8.90. The van der Waals surface area contributed by atoms with E-state index in [1.165, 1.54) is 12.1 Å². The highest BCUT2D eigenvalue weighted by molar-refractivity contribution is 5.95. The fourth-order valence-electron chi connectivity index (χ4n) is 3.18. The van der Waals surface area contributed by atoms with Gasteiger partial charge in [-0.3, -0.25) is 9.59 Å². The molecule has 2 aromatic carbocycles. The molecule has 27 heavy (non-hydrogen) atoms. The first kappa shape index (κ1) is 18.6. The Hall–Kier alpha value is -3.20. The third-order valence-corrected chi connectivity index (χ3v) is 4.83. The molecule has 0 radical (unpaired) electrons. The zero-order chi connectivity index (χ0) is 19.2. The summed E-state index contributed by atoms with van der Waals surface area (Å²) < 4.78 is 13.8. The fourth-order valence-corrected chi connectivity index (χ4v) is 3.18. The number of carbonyl (C=O) groups is 2. The maximum absolute atomic E-state index is 13.8. The predicted molar refractivity (Wildman–Crippen MR) is 98.5 cm³/mol. The van der Waals surface area contributed by atoms with Gasteiger partial charge in [0.05, 0.1) is 17.2 Å². The topological polar surface area (TPSA) is 73.2 Å². The van der Waals surface area contributed by atoms with Crippen molar-refractivity contribution in [2.45, 2.75) is 12.8 Å². The normalized spacial score (nSPS) is 14.4. The number of nitriles is 1. The van der Waals surface area contributed by atoms with Crippen molar-refractivity contribution in [2.75, 3.05) is 19.6 Å². The van der Waals surface area contributed by atoms with Gasteiger partial charge >= 0.3 is 0 Å². The van der Waals surface area contributed by atoms with Crippen LogP contribution in [0.2, 0.25) is 0 Å². The van der Waals surface area contributed by atoms with Crippen LogP contribution in [0, 0.1) is 23.1 Å². The van der Waals surface area contributed by atoms with E-state index in [-0.39, 0.29) is 23.3 Å². The number of likely N-dealkylation sites (tertiary alicyclic amines) is 1. The Balaban J connectivity index is 1.48. The predicted octanol–water partition coefficient (Wildman–Crippen LogP) is 2.98. The Morgan fingerprint density at radius 3 is 2.41 bits per heavy atom. The molecule has 5 nitrogen and oxygen atoms in total. The van der Waals surface area contributed by atoms with E-state index in [1.807, 2.05) is 6.07 Å². The van der Waals surface area contributed by atoms with E-state index < -0.39 is 5.82 Å².